The second-order valence-electron chi connectivity index (χ2n) is 3.65. The lowest BCUT2D eigenvalue weighted by atomic mass is 9.76. The lowest BCUT2D eigenvalue weighted by molar-refractivity contribution is 0.248. The number of nitrogens with zero attached hydrogens (tertiary/aromatic N) is 2. The molecule has 13 heavy (non-hydrogen) atoms. The third kappa shape index (κ3) is 1.26. The van der Waals surface area contributed by atoms with Crippen molar-refractivity contribution in [1.82, 2.24) is 4.98 Å². The minimum absolute atomic E-state index is 0.150. The van der Waals surface area contributed by atoms with Gasteiger partial charge in [0.2, 0.25) is 17.5 Å². The van der Waals surface area contributed by atoms with E-state index in [1.807, 2.05) is 6.07 Å². The average molecular weight is 177 g/mol. The van der Waals surface area contributed by atoms with Crippen molar-refractivity contribution in [3.05, 3.63) is 11.6 Å². The van der Waals surface area contributed by atoms with Gasteiger partial charge in [-0.05, 0) is 18.8 Å². The summed E-state index contributed by atoms with van der Waals surface area (Å²) in [5.41, 5.74) is 5.67. The topological polar surface area (TPSA) is 75.8 Å². The number of rotatable bonds is 1. The summed E-state index contributed by atoms with van der Waals surface area (Å²) in [6, 6.07) is 1.90. The predicted molar refractivity (Wildman–Crippen MR) is 46.8 cm³/mol. The Morgan fingerprint density at radius 2 is 2.31 bits per heavy atom. The van der Waals surface area contributed by atoms with Crippen LogP contribution in [-0.4, -0.2) is 4.98 Å². The Bertz CT molecular complexity index is 357. The SMILES string of the molecule is CC1CC(c2nc(C#N)c(N)o2)C1. The Morgan fingerprint density at radius 3 is 2.77 bits per heavy atom. The van der Waals surface area contributed by atoms with E-state index < -0.39 is 0 Å². The van der Waals surface area contributed by atoms with Crippen molar-refractivity contribution in [3.8, 4) is 6.07 Å². The zero-order valence-corrected chi connectivity index (χ0v) is 7.45. The second kappa shape index (κ2) is 2.77. The van der Waals surface area contributed by atoms with Crippen molar-refractivity contribution in [3.63, 3.8) is 0 Å². The van der Waals surface area contributed by atoms with Gasteiger partial charge in [-0.25, -0.2) is 4.98 Å². The molecule has 2 rings (SSSR count). The molecule has 0 aliphatic heterocycles. The van der Waals surface area contributed by atoms with Gasteiger partial charge in [-0.15, -0.1) is 0 Å². The summed E-state index contributed by atoms with van der Waals surface area (Å²) in [4.78, 5) is 4.03. The maximum absolute atomic E-state index is 8.60. The maximum atomic E-state index is 8.60. The van der Waals surface area contributed by atoms with Crippen LogP contribution in [0.4, 0.5) is 5.88 Å². The molecule has 4 nitrogen and oxygen atoms in total. The molecule has 1 heterocycles. The number of nitriles is 1. The van der Waals surface area contributed by atoms with E-state index in [1.54, 1.807) is 0 Å². The first-order chi connectivity index (χ1) is 6.20. The zero-order chi connectivity index (χ0) is 9.42. The van der Waals surface area contributed by atoms with E-state index >= 15 is 0 Å². The van der Waals surface area contributed by atoms with Gasteiger partial charge in [0.05, 0.1) is 0 Å². The van der Waals surface area contributed by atoms with E-state index in [9.17, 15) is 0 Å². The van der Waals surface area contributed by atoms with Gasteiger partial charge in [-0.2, -0.15) is 5.26 Å². The van der Waals surface area contributed by atoms with E-state index in [0.29, 0.717) is 11.8 Å². The Kier molecular flexibility index (Phi) is 1.73. The van der Waals surface area contributed by atoms with Crippen molar-refractivity contribution in [2.45, 2.75) is 25.7 Å². The summed E-state index contributed by atoms with van der Waals surface area (Å²) >= 11 is 0. The number of hydrogen-bond acceptors (Lipinski definition) is 4. The molecule has 1 aromatic heterocycles. The number of hydrogen-bond donors (Lipinski definition) is 1. The van der Waals surface area contributed by atoms with Crippen LogP contribution in [0.15, 0.2) is 4.42 Å². The van der Waals surface area contributed by atoms with Gasteiger partial charge in [0.15, 0.2) is 0 Å². The number of oxazole rings is 1. The Hall–Kier alpha value is -1.50. The third-order valence-corrected chi connectivity index (χ3v) is 2.50. The Labute approximate surface area is 76.4 Å². The van der Waals surface area contributed by atoms with Gasteiger partial charge in [0.25, 0.3) is 0 Å². The molecule has 0 radical (unpaired) electrons. The molecule has 0 amide bonds. The lowest BCUT2D eigenvalue weighted by Crippen LogP contribution is -2.19. The van der Waals surface area contributed by atoms with E-state index in [2.05, 4.69) is 11.9 Å². The Balaban J connectivity index is 2.19. The molecule has 1 aliphatic rings. The highest BCUT2D eigenvalue weighted by molar-refractivity contribution is 5.41. The summed E-state index contributed by atoms with van der Waals surface area (Å²) < 4.78 is 5.20. The summed E-state index contributed by atoms with van der Waals surface area (Å²) in [5.74, 6) is 1.90. The number of aromatic nitrogens is 1. The molecule has 1 fully saturated rings. The minimum Gasteiger partial charge on any atom is -0.424 e. The fraction of sp³-hybridized carbons (Fsp3) is 0.556. The van der Waals surface area contributed by atoms with Crippen molar-refractivity contribution < 1.29 is 4.42 Å². The van der Waals surface area contributed by atoms with Crippen LogP contribution in [0.3, 0.4) is 0 Å². The van der Waals surface area contributed by atoms with Crippen LogP contribution in [-0.2, 0) is 0 Å². The molecule has 0 bridgehead atoms. The molecule has 68 valence electrons. The van der Waals surface area contributed by atoms with Crippen molar-refractivity contribution in [1.29, 1.82) is 5.26 Å². The predicted octanol–water partition coefficient (Wildman–Crippen LogP) is 1.64. The van der Waals surface area contributed by atoms with Crippen LogP contribution >= 0.6 is 0 Å². The van der Waals surface area contributed by atoms with Gasteiger partial charge >= 0.3 is 0 Å². The zero-order valence-electron chi connectivity index (χ0n) is 7.45. The van der Waals surface area contributed by atoms with Crippen LogP contribution in [0.25, 0.3) is 0 Å². The van der Waals surface area contributed by atoms with Crippen LogP contribution < -0.4 is 5.73 Å². The minimum atomic E-state index is 0.150. The number of nitrogens with two attached hydrogens (primary N) is 1. The van der Waals surface area contributed by atoms with E-state index in [1.165, 1.54) is 0 Å². The fourth-order valence-corrected chi connectivity index (χ4v) is 1.71. The molecule has 0 saturated heterocycles. The summed E-state index contributed by atoms with van der Waals surface area (Å²) in [6.45, 7) is 2.19. The van der Waals surface area contributed by atoms with Gasteiger partial charge in [0.1, 0.15) is 6.07 Å². The highest BCUT2D eigenvalue weighted by Crippen LogP contribution is 2.41. The quantitative estimate of drug-likeness (QED) is 0.707. The van der Waals surface area contributed by atoms with Crippen LogP contribution in [0.5, 0.6) is 0 Å². The number of anilines is 1. The van der Waals surface area contributed by atoms with Crippen molar-refractivity contribution in [2.75, 3.05) is 5.73 Å². The van der Waals surface area contributed by atoms with Crippen LogP contribution in [0, 0.1) is 17.2 Å². The Morgan fingerprint density at radius 1 is 1.62 bits per heavy atom. The summed E-state index contributed by atoms with van der Waals surface area (Å²) in [7, 11) is 0. The van der Waals surface area contributed by atoms with E-state index in [0.717, 1.165) is 18.8 Å². The molecule has 0 aromatic carbocycles. The summed E-state index contributed by atoms with van der Waals surface area (Å²) in [6.07, 6.45) is 2.18. The molecule has 0 spiro atoms. The highest BCUT2D eigenvalue weighted by Gasteiger charge is 2.31. The molecule has 0 atom stereocenters. The van der Waals surface area contributed by atoms with Gasteiger partial charge in [-0.3, -0.25) is 0 Å². The number of nitrogen functional groups attached to an aromatic ring is 1. The highest BCUT2D eigenvalue weighted by atomic mass is 16.4. The van der Waals surface area contributed by atoms with Crippen molar-refractivity contribution >= 4 is 5.88 Å². The van der Waals surface area contributed by atoms with Gasteiger partial charge < -0.3 is 10.2 Å². The van der Waals surface area contributed by atoms with E-state index in [-0.39, 0.29) is 11.6 Å². The van der Waals surface area contributed by atoms with Crippen LogP contribution in [0.2, 0.25) is 0 Å². The molecule has 1 saturated carbocycles. The smallest absolute Gasteiger partial charge is 0.229 e. The van der Waals surface area contributed by atoms with E-state index in [4.69, 9.17) is 15.4 Å². The fourth-order valence-electron chi connectivity index (χ4n) is 1.71. The standard InChI is InChI=1S/C9H11N3O/c1-5-2-6(3-5)9-12-7(4-10)8(11)13-9/h5-6H,2-3,11H2,1H3. The third-order valence-electron chi connectivity index (χ3n) is 2.50. The monoisotopic (exact) mass is 177 g/mol. The molecule has 0 unspecified atom stereocenters. The van der Waals surface area contributed by atoms with Gasteiger partial charge in [-0.1, -0.05) is 6.92 Å². The van der Waals surface area contributed by atoms with Crippen molar-refractivity contribution in [2.24, 2.45) is 5.92 Å². The molecular formula is C9H11N3O. The lowest BCUT2D eigenvalue weighted by Gasteiger charge is -2.29. The maximum Gasteiger partial charge on any atom is 0.229 e. The molecular weight excluding hydrogens is 166 g/mol. The second-order valence-corrected chi connectivity index (χ2v) is 3.65. The first-order valence-electron chi connectivity index (χ1n) is 4.37. The largest absolute Gasteiger partial charge is 0.424 e. The molecule has 1 aromatic rings. The molecule has 1 aliphatic carbocycles. The first kappa shape index (κ1) is 8.11. The average Bonchev–Trinajstić information content (AvgIpc) is 2.41. The summed E-state index contributed by atoms with van der Waals surface area (Å²) in [5, 5.41) is 8.60. The molecule has 4 heteroatoms. The van der Waals surface area contributed by atoms with Gasteiger partial charge in [0, 0.05) is 5.92 Å². The molecule has 2 N–H and O–H groups in total. The van der Waals surface area contributed by atoms with Crippen LogP contribution in [0.1, 0.15) is 37.3 Å². The normalized spacial score (nSPS) is 26.5. The first-order valence-corrected chi connectivity index (χ1v) is 4.37.